The summed E-state index contributed by atoms with van der Waals surface area (Å²) in [7, 11) is -3.19. The van der Waals surface area contributed by atoms with Crippen molar-refractivity contribution in [1.82, 2.24) is 9.80 Å². The van der Waals surface area contributed by atoms with Gasteiger partial charge in [0.05, 0.1) is 25.9 Å². The summed E-state index contributed by atoms with van der Waals surface area (Å²) in [4.78, 5) is 16.4. The number of hydrogen-bond donors (Lipinski definition) is 0. The van der Waals surface area contributed by atoms with Gasteiger partial charge < -0.3 is 9.16 Å². The number of ketones is 1. The SMILES string of the molecule is CC(=O)c1ccc2c(c1)C[C@@H](C)N(CC(F)(F)CO[Si](c1ccccc1)(c1ccccc1)C(C)(C)C)[C@@H]2c1ccc(OCCN2CC(CF)C2)cc1. The summed E-state index contributed by atoms with van der Waals surface area (Å²) in [6, 6.07) is 32.4. The average Bonchev–Trinajstić information content (AvgIpc) is 3.10. The number of benzene rings is 4. The number of alkyl halides is 3. The van der Waals surface area contributed by atoms with Crippen LogP contribution in [0.2, 0.25) is 5.04 Å². The molecule has 5 nitrogen and oxygen atoms in total. The predicted molar refractivity (Wildman–Crippen MR) is 205 cm³/mol. The zero-order valence-corrected chi connectivity index (χ0v) is 32.0. The summed E-state index contributed by atoms with van der Waals surface area (Å²) in [5, 5.41) is 1.48. The Morgan fingerprint density at radius 2 is 1.50 bits per heavy atom. The van der Waals surface area contributed by atoms with Gasteiger partial charge in [0.2, 0.25) is 0 Å². The number of carbonyl (C=O) groups excluding carboxylic acids is 1. The van der Waals surface area contributed by atoms with Crippen LogP contribution in [-0.2, 0) is 10.8 Å². The van der Waals surface area contributed by atoms with Crippen LogP contribution < -0.4 is 15.1 Å². The van der Waals surface area contributed by atoms with E-state index in [0.717, 1.165) is 46.7 Å². The van der Waals surface area contributed by atoms with Gasteiger partial charge in [0.15, 0.2) is 5.78 Å². The van der Waals surface area contributed by atoms with Crippen LogP contribution in [0, 0.1) is 5.92 Å². The number of fused-ring (bicyclic) bond motifs is 1. The van der Waals surface area contributed by atoms with Gasteiger partial charge in [0, 0.05) is 37.2 Å². The third-order valence-corrected chi connectivity index (χ3v) is 15.7. The molecule has 2 heterocycles. The first-order valence-corrected chi connectivity index (χ1v) is 20.3. The van der Waals surface area contributed by atoms with Crippen molar-refractivity contribution < 1.29 is 27.1 Å². The van der Waals surface area contributed by atoms with Gasteiger partial charge in [-0.25, -0.2) is 8.78 Å². The third-order valence-electron chi connectivity index (χ3n) is 10.7. The molecule has 0 spiro atoms. The van der Waals surface area contributed by atoms with Crippen LogP contribution in [0.1, 0.15) is 67.7 Å². The molecule has 2 atom stereocenters. The zero-order chi connectivity index (χ0) is 37.1. The number of ether oxygens (including phenoxy) is 1. The number of Topliss-reactive ketones (excluding diaryl/α,β-unsaturated/α-hetero) is 1. The molecule has 0 saturated carbocycles. The third kappa shape index (κ3) is 8.08. The van der Waals surface area contributed by atoms with E-state index in [9.17, 15) is 9.18 Å². The first kappa shape index (κ1) is 38.0. The predicted octanol–water partition coefficient (Wildman–Crippen LogP) is 7.72. The number of halogens is 3. The summed E-state index contributed by atoms with van der Waals surface area (Å²) in [5.74, 6) is -2.39. The van der Waals surface area contributed by atoms with Crippen LogP contribution in [0.3, 0.4) is 0 Å². The van der Waals surface area contributed by atoms with E-state index >= 15 is 8.78 Å². The molecule has 4 aromatic carbocycles. The second-order valence-electron chi connectivity index (χ2n) is 15.6. The highest BCUT2D eigenvalue weighted by molar-refractivity contribution is 6.99. The number of hydrogen-bond acceptors (Lipinski definition) is 5. The Hall–Kier alpha value is -3.76. The van der Waals surface area contributed by atoms with Crippen molar-refractivity contribution in [2.24, 2.45) is 5.92 Å². The zero-order valence-electron chi connectivity index (χ0n) is 31.0. The van der Waals surface area contributed by atoms with Gasteiger partial charge in [0.1, 0.15) is 12.4 Å². The highest BCUT2D eigenvalue weighted by Gasteiger charge is 2.52. The van der Waals surface area contributed by atoms with Crippen molar-refractivity contribution >= 4 is 24.5 Å². The molecular weight excluding hydrogens is 678 g/mol. The van der Waals surface area contributed by atoms with Crippen molar-refractivity contribution in [2.45, 2.75) is 64.1 Å². The van der Waals surface area contributed by atoms with Crippen LogP contribution in [0.5, 0.6) is 5.75 Å². The Labute approximate surface area is 307 Å². The number of carbonyl (C=O) groups is 1. The van der Waals surface area contributed by atoms with Crippen LogP contribution in [0.15, 0.2) is 103 Å². The molecule has 0 amide bonds. The lowest BCUT2D eigenvalue weighted by molar-refractivity contribution is -0.0818. The lowest BCUT2D eigenvalue weighted by Crippen LogP contribution is -2.67. The molecule has 52 heavy (non-hydrogen) atoms. The molecule has 0 N–H and O–H groups in total. The monoisotopic (exact) mass is 728 g/mol. The first-order valence-electron chi connectivity index (χ1n) is 18.3. The van der Waals surface area contributed by atoms with Gasteiger partial charge in [-0.2, -0.15) is 0 Å². The smallest absolute Gasteiger partial charge is 0.282 e. The van der Waals surface area contributed by atoms with Gasteiger partial charge in [-0.3, -0.25) is 19.0 Å². The van der Waals surface area contributed by atoms with Crippen molar-refractivity contribution in [3.05, 3.63) is 125 Å². The van der Waals surface area contributed by atoms with E-state index in [-0.39, 0.29) is 24.4 Å². The molecular formula is C43H51F3N2O3Si. The molecule has 0 bridgehead atoms. The summed E-state index contributed by atoms with van der Waals surface area (Å²) in [6.45, 7) is 11.0. The van der Waals surface area contributed by atoms with Crippen LogP contribution in [0.4, 0.5) is 13.2 Å². The van der Waals surface area contributed by atoms with E-state index in [2.05, 4.69) is 25.7 Å². The lowest BCUT2D eigenvalue weighted by Gasteiger charge is -2.46. The molecule has 1 fully saturated rings. The molecule has 4 aromatic rings. The highest BCUT2D eigenvalue weighted by Crippen LogP contribution is 2.42. The Balaban J connectivity index is 1.27. The Bertz CT molecular complexity index is 1750. The largest absolute Gasteiger partial charge is 0.492 e. The molecule has 2 aliphatic rings. The number of nitrogens with zero attached hydrogens (tertiary/aromatic N) is 2. The van der Waals surface area contributed by atoms with E-state index < -0.39 is 38.5 Å². The topological polar surface area (TPSA) is 42.0 Å². The minimum absolute atomic E-state index is 0.0265. The second kappa shape index (κ2) is 15.7. The normalized spacial score (nSPS) is 18.8. The second-order valence-corrected chi connectivity index (χ2v) is 19.9. The van der Waals surface area contributed by atoms with Gasteiger partial charge in [-0.05, 0) is 70.6 Å². The summed E-state index contributed by atoms with van der Waals surface area (Å²) in [6.07, 6.45) is 0.541. The fourth-order valence-electron chi connectivity index (χ4n) is 8.04. The van der Waals surface area contributed by atoms with E-state index in [1.807, 2.05) is 109 Å². The van der Waals surface area contributed by atoms with Gasteiger partial charge >= 0.3 is 0 Å². The van der Waals surface area contributed by atoms with Gasteiger partial charge in [0.25, 0.3) is 14.2 Å². The lowest BCUT2D eigenvalue weighted by atomic mass is 9.83. The molecule has 0 unspecified atom stereocenters. The molecule has 9 heteroatoms. The maximum Gasteiger partial charge on any atom is 0.282 e. The van der Waals surface area contributed by atoms with Crippen molar-refractivity contribution in [1.29, 1.82) is 0 Å². The minimum Gasteiger partial charge on any atom is -0.492 e. The number of likely N-dealkylation sites (tertiary alicyclic amines) is 1. The van der Waals surface area contributed by atoms with Gasteiger partial charge in [-0.1, -0.05) is 106 Å². The van der Waals surface area contributed by atoms with Gasteiger partial charge in [-0.15, -0.1) is 0 Å². The first-order chi connectivity index (χ1) is 24.8. The maximum absolute atomic E-state index is 16.7. The van der Waals surface area contributed by atoms with Crippen LogP contribution >= 0.6 is 0 Å². The molecule has 6 rings (SSSR count). The highest BCUT2D eigenvalue weighted by atomic mass is 28.4. The fraction of sp³-hybridized carbons (Fsp3) is 0.419. The Kier molecular flexibility index (Phi) is 11.5. The summed E-state index contributed by atoms with van der Waals surface area (Å²) < 4.78 is 58.9. The summed E-state index contributed by atoms with van der Waals surface area (Å²) >= 11 is 0. The number of rotatable bonds is 14. The molecule has 0 aliphatic carbocycles. The molecule has 2 aliphatic heterocycles. The van der Waals surface area contributed by atoms with Crippen LogP contribution in [-0.4, -0.2) is 81.9 Å². The van der Waals surface area contributed by atoms with Crippen molar-refractivity contribution in [3.63, 3.8) is 0 Å². The maximum atomic E-state index is 16.7. The van der Waals surface area contributed by atoms with E-state index in [1.54, 1.807) is 13.0 Å². The van der Waals surface area contributed by atoms with E-state index in [0.29, 0.717) is 24.3 Å². The Morgan fingerprint density at radius 3 is 2.06 bits per heavy atom. The minimum atomic E-state index is -3.19. The standard InChI is InChI=1S/C43H51F3N2O3Si/c1-31-24-36-25-35(32(2)49)18-21-40(36)41(34-16-19-37(20-17-34)50-23-22-47-27-33(26-44)28-47)48(31)29-43(45,46)30-51-52(42(3,4)5,38-12-8-6-9-13-38)39-14-10-7-11-15-39/h6-21,25,31,33,41H,22-24,26-30H2,1-5H3/t31-,41-/m1/s1. The van der Waals surface area contributed by atoms with Crippen LogP contribution in [0.25, 0.3) is 0 Å². The van der Waals surface area contributed by atoms with E-state index in [1.165, 1.54) is 0 Å². The fourth-order valence-corrected chi connectivity index (χ4v) is 12.6. The molecule has 0 aromatic heterocycles. The van der Waals surface area contributed by atoms with Crippen molar-refractivity contribution in [2.75, 3.05) is 46.1 Å². The Morgan fingerprint density at radius 1 is 0.885 bits per heavy atom. The molecule has 276 valence electrons. The molecule has 0 radical (unpaired) electrons. The molecule has 1 saturated heterocycles. The van der Waals surface area contributed by atoms with Crippen molar-refractivity contribution in [3.8, 4) is 5.75 Å². The van der Waals surface area contributed by atoms with E-state index in [4.69, 9.17) is 9.16 Å². The quantitative estimate of drug-likeness (QED) is 0.0984. The summed E-state index contributed by atoms with van der Waals surface area (Å²) in [5.41, 5.74) is 3.40. The average molecular weight is 729 g/mol.